The van der Waals surface area contributed by atoms with E-state index in [1.54, 1.807) is 11.0 Å². The van der Waals surface area contributed by atoms with Crippen LogP contribution in [0, 0.1) is 5.82 Å². The number of nitrogens with zero attached hydrogens (tertiary/aromatic N) is 2. The highest BCUT2D eigenvalue weighted by molar-refractivity contribution is 6.11. The number of aromatic nitrogens is 2. The topological polar surface area (TPSA) is 98.7 Å². The Morgan fingerprint density at radius 2 is 1.90 bits per heavy atom. The highest BCUT2D eigenvalue weighted by Crippen LogP contribution is 2.54. The van der Waals surface area contributed by atoms with Crippen LogP contribution in [0.1, 0.15) is 17.0 Å². The highest BCUT2D eigenvalue weighted by atomic mass is 19.1. The fourth-order valence-corrected chi connectivity index (χ4v) is 4.61. The van der Waals surface area contributed by atoms with Gasteiger partial charge in [0, 0.05) is 23.4 Å². The van der Waals surface area contributed by atoms with E-state index >= 15 is 0 Å². The third kappa shape index (κ3) is 2.32. The molecule has 7 nitrogen and oxygen atoms in total. The van der Waals surface area contributed by atoms with Crippen molar-refractivity contribution in [1.29, 1.82) is 0 Å². The highest BCUT2D eigenvalue weighted by Gasteiger charge is 2.57. The summed E-state index contributed by atoms with van der Waals surface area (Å²) in [5.41, 5.74) is 2.01. The Balaban J connectivity index is 1.48. The minimum absolute atomic E-state index is 0.0584. The molecule has 0 radical (unpaired) electrons. The molecular formula is C23H16FN3O4. The van der Waals surface area contributed by atoms with E-state index in [1.807, 2.05) is 24.3 Å². The molecule has 0 bridgehead atoms. The first kappa shape index (κ1) is 17.8. The van der Waals surface area contributed by atoms with Crippen molar-refractivity contribution in [3.05, 3.63) is 77.4 Å². The number of ether oxygens (including phenoxy) is 1. The molecule has 0 fully saturated rings. The summed E-state index contributed by atoms with van der Waals surface area (Å²) in [6.07, 6.45) is 0. The summed E-state index contributed by atoms with van der Waals surface area (Å²) < 4.78 is 19.3. The zero-order valence-corrected chi connectivity index (χ0v) is 16.1. The van der Waals surface area contributed by atoms with Gasteiger partial charge < -0.3 is 24.8 Å². The van der Waals surface area contributed by atoms with Gasteiger partial charge in [-0.3, -0.25) is 4.79 Å². The molecule has 0 saturated heterocycles. The van der Waals surface area contributed by atoms with E-state index < -0.39 is 5.41 Å². The molecule has 1 unspecified atom stereocenters. The largest absolute Gasteiger partial charge is 0.504 e. The number of anilines is 1. The first-order valence-electron chi connectivity index (χ1n) is 9.72. The van der Waals surface area contributed by atoms with Crippen LogP contribution in [0.3, 0.4) is 0 Å². The average molecular weight is 417 g/mol. The Kier molecular flexibility index (Phi) is 3.42. The molecule has 1 atom stereocenters. The number of para-hydroxylation sites is 1. The molecule has 6 rings (SSSR count). The van der Waals surface area contributed by atoms with Crippen LogP contribution in [0.15, 0.2) is 54.6 Å². The van der Waals surface area contributed by atoms with Crippen LogP contribution >= 0.6 is 0 Å². The van der Waals surface area contributed by atoms with E-state index in [9.17, 15) is 19.4 Å². The predicted octanol–water partition coefficient (Wildman–Crippen LogP) is 3.34. The van der Waals surface area contributed by atoms with Gasteiger partial charge in [0.05, 0.1) is 17.6 Å². The number of halogens is 1. The third-order valence-electron chi connectivity index (χ3n) is 6.05. The second-order valence-electron chi connectivity index (χ2n) is 7.78. The monoisotopic (exact) mass is 417 g/mol. The smallest absolute Gasteiger partial charge is 0.246 e. The summed E-state index contributed by atoms with van der Waals surface area (Å²) in [4.78, 5) is 23.0. The van der Waals surface area contributed by atoms with Crippen LogP contribution in [0.5, 0.6) is 17.2 Å². The zero-order chi connectivity index (χ0) is 21.3. The molecule has 3 heterocycles. The lowest BCUT2D eigenvalue weighted by Gasteiger charge is -2.22. The zero-order valence-electron chi connectivity index (χ0n) is 16.1. The first-order valence-corrected chi connectivity index (χ1v) is 9.72. The van der Waals surface area contributed by atoms with Crippen molar-refractivity contribution in [3.63, 3.8) is 0 Å². The van der Waals surface area contributed by atoms with Crippen molar-refractivity contribution in [3.8, 4) is 17.2 Å². The fraction of sp³-hybridized carbons (Fsp3) is 0.130. The van der Waals surface area contributed by atoms with Crippen molar-refractivity contribution < 1.29 is 24.1 Å². The van der Waals surface area contributed by atoms with Gasteiger partial charge in [0.1, 0.15) is 29.4 Å². The molecule has 1 aromatic heterocycles. The number of fused-ring (bicyclic) bond motifs is 5. The summed E-state index contributed by atoms with van der Waals surface area (Å²) in [6, 6.07) is 14.4. The van der Waals surface area contributed by atoms with E-state index in [2.05, 4.69) is 9.97 Å². The van der Waals surface area contributed by atoms with Gasteiger partial charge in [0.25, 0.3) is 0 Å². The number of imidazole rings is 1. The van der Waals surface area contributed by atoms with Gasteiger partial charge in [-0.2, -0.15) is 0 Å². The van der Waals surface area contributed by atoms with E-state index in [0.717, 1.165) is 5.56 Å². The van der Waals surface area contributed by atoms with Crippen LogP contribution in [0.25, 0.3) is 11.0 Å². The van der Waals surface area contributed by atoms with Gasteiger partial charge in [0.15, 0.2) is 11.5 Å². The lowest BCUT2D eigenvalue weighted by molar-refractivity contribution is -0.122. The Bertz CT molecular complexity index is 1400. The SMILES string of the molecule is O=C1N(Cc2nc3cc(F)ccc3[nH]2)c2ccccc2C12COc1cc(O)c(O)cc12. The Labute approximate surface area is 175 Å². The second kappa shape index (κ2) is 5.98. The van der Waals surface area contributed by atoms with Gasteiger partial charge >= 0.3 is 0 Å². The Morgan fingerprint density at radius 1 is 1.10 bits per heavy atom. The molecule has 1 amide bonds. The van der Waals surface area contributed by atoms with Crippen molar-refractivity contribution >= 4 is 22.6 Å². The van der Waals surface area contributed by atoms with E-state index in [1.165, 1.54) is 24.3 Å². The van der Waals surface area contributed by atoms with Crippen LogP contribution in [-0.2, 0) is 16.8 Å². The maximum Gasteiger partial charge on any atom is 0.246 e. The van der Waals surface area contributed by atoms with Crippen LogP contribution < -0.4 is 9.64 Å². The van der Waals surface area contributed by atoms with Gasteiger partial charge in [-0.25, -0.2) is 9.37 Å². The Hall–Kier alpha value is -4.07. The summed E-state index contributed by atoms with van der Waals surface area (Å²) >= 11 is 0. The van der Waals surface area contributed by atoms with Gasteiger partial charge in [-0.1, -0.05) is 18.2 Å². The fourth-order valence-electron chi connectivity index (χ4n) is 4.61. The molecule has 8 heteroatoms. The van der Waals surface area contributed by atoms with Gasteiger partial charge in [-0.05, 0) is 29.8 Å². The van der Waals surface area contributed by atoms with Crippen LogP contribution in [-0.4, -0.2) is 32.7 Å². The molecule has 2 aliphatic rings. The Morgan fingerprint density at radius 3 is 2.77 bits per heavy atom. The van der Waals surface area contributed by atoms with Crippen molar-refractivity contribution in [2.45, 2.75) is 12.0 Å². The number of hydrogen-bond donors (Lipinski definition) is 3. The molecule has 0 saturated carbocycles. The minimum Gasteiger partial charge on any atom is -0.504 e. The number of H-pyrrole nitrogens is 1. The molecule has 1 spiro atoms. The van der Waals surface area contributed by atoms with Crippen molar-refractivity contribution in [1.82, 2.24) is 9.97 Å². The normalized spacial score (nSPS) is 19.1. The number of phenolic OH excluding ortho intramolecular Hbond substituents is 2. The van der Waals surface area contributed by atoms with Crippen molar-refractivity contribution in [2.24, 2.45) is 0 Å². The predicted molar refractivity (Wildman–Crippen MR) is 110 cm³/mol. The average Bonchev–Trinajstić information content (AvgIpc) is 3.39. The van der Waals surface area contributed by atoms with Crippen LogP contribution in [0.2, 0.25) is 0 Å². The summed E-state index contributed by atoms with van der Waals surface area (Å²) in [5.74, 6) is -0.334. The summed E-state index contributed by atoms with van der Waals surface area (Å²) in [7, 11) is 0. The molecule has 0 aliphatic carbocycles. The van der Waals surface area contributed by atoms with Crippen LogP contribution in [0.4, 0.5) is 10.1 Å². The number of aromatic amines is 1. The molecule has 3 N–H and O–H groups in total. The number of amides is 1. The number of aromatic hydroxyl groups is 2. The number of rotatable bonds is 2. The standard InChI is InChI=1S/C23H16FN3O4/c24-12-5-6-15-16(7-12)26-21(25-15)10-27-17-4-2-1-3-13(17)23(22(27)30)11-31-20-9-19(29)18(28)8-14(20)23/h1-9,28-29H,10-11H2,(H,25,26). The summed E-state index contributed by atoms with van der Waals surface area (Å²) in [5, 5.41) is 19.9. The van der Waals surface area contributed by atoms with Gasteiger partial charge in [-0.15, -0.1) is 0 Å². The number of carbonyl (C=O) groups is 1. The second-order valence-corrected chi connectivity index (χ2v) is 7.78. The van der Waals surface area contributed by atoms with Gasteiger partial charge in [0.2, 0.25) is 5.91 Å². The summed E-state index contributed by atoms with van der Waals surface area (Å²) in [6.45, 7) is 0.218. The first-order chi connectivity index (χ1) is 15.0. The molecule has 4 aromatic rings. The maximum atomic E-state index is 13.8. The van der Waals surface area contributed by atoms with E-state index in [-0.39, 0.29) is 36.4 Å². The lowest BCUT2D eigenvalue weighted by atomic mass is 9.77. The molecule has 3 aromatic carbocycles. The number of hydrogen-bond acceptors (Lipinski definition) is 5. The number of nitrogens with one attached hydrogen (secondary N) is 1. The molecular weight excluding hydrogens is 401 g/mol. The van der Waals surface area contributed by atoms with E-state index in [4.69, 9.17) is 4.74 Å². The maximum absolute atomic E-state index is 13.8. The number of phenols is 2. The number of carbonyl (C=O) groups excluding carboxylic acids is 1. The molecule has 2 aliphatic heterocycles. The molecule has 154 valence electrons. The molecule has 31 heavy (non-hydrogen) atoms. The van der Waals surface area contributed by atoms with E-state index in [0.29, 0.717) is 33.9 Å². The quantitative estimate of drug-likeness (QED) is 0.435. The third-order valence-corrected chi connectivity index (χ3v) is 6.05. The van der Waals surface area contributed by atoms with Crippen molar-refractivity contribution in [2.75, 3.05) is 11.5 Å². The minimum atomic E-state index is -1.13. The lowest BCUT2D eigenvalue weighted by Crippen LogP contribution is -2.42. The number of benzene rings is 3.